The standard InChI is InChI=1S/2C12H16N3O2.6C10H7F3O2.2Gd/c2*1-11(2)12(3,4)15(17)10(14(11)16)9-5-7-13-8-6-9;6*11-10(12,13)9(15)6-8(14)7-4-2-1-3-5-7;;/h2*5-8H,1-4H3;6*1-6,15H;;/q2*+1;;;;;;;2*+2/p-6/b;;6*9-6-;;. The monoisotopic (exact) mass is 2070 g/mol. The summed E-state index contributed by atoms with van der Waals surface area (Å²) >= 11 is 0. The first-order valence-electron chi connectivity index (χ1n) is 34.8. The van der Waals surface area contributed by atoms with E-state index in [-0.39, 0.29) is 161 Å². The molecule has 6 aromatic carbocycles. The first-order valence-corrected chi connectivity index (χ1v) is 34.8. The van der Waals surface area contributed by atoms with E-state index in [1.165, 1.54) is 146 Å². The maximum Gasteiger partial charge on any atom is 2.00 e. The number of benzene rings is 6. The number of aromatic nitrogens is 2. The van der Waals surface area contributed by atoms with Gasteiger partial charge in [0.2, 0.25) is 11.1 Å². The third kappa shape index (κ3) is 34.1. The van der Waals surface area contributed by atoms with Gasteiger partial charge in [-0.2, -0.15) is 79.0 Å². The third-order valence-electron chi connectivity index (χ3n) is 17.3. The van der Waals surface area contributed by atoms with Crippen molar-refractivity contribution in [3.05, 3.63) is 367 Å². The number of allylic oxidation sites excluding steroid dienone is 12. The van der Waals surface area contributed by atoms with E-state index < -0.39 is 128 Å². The largest absolute Gasteiger partial charge is 2.00 e. The van der Waals surface area contributed by atoms with Crippen molar-refractivity contribution in [2.75, 3.05) is 0 Å². The smallest absolute Gasteiger partial charge is 0.869 e. The number of alkyl halides is 18. The fraction of sp³-hybridized carbons (Fsp3) is 0.214. The van der Waals surface area contributed by atoms with Crippen LogP contribution in [-0.2, 0) is 0 Å². The van der Waals surface area contributed by atoms with Gasteiger partial charge in [-0.05, 0) is 95.3 Å². The van der Waals surface area contributed by atoms with Gasteiger partial charge in [0.1, 0.15) is 20.6 Å². The number of hydroxylamine groups is 2. The molecule has 22 nitrogen and oxygen atoms in total. The molecular weight excluding hydrogens is 2010 g/mol. The molecule has 4 heterocycles. The molecule has 0 saturated heterocycles. The molecule has 0 fully saturated rings. The first-order chi connectivity index (χ1) is 57.1. The molecule has 0 N–H and O–H groups in total. The van der Waals surface area contributed by atoms with Gasteiger partial charge in [-0.15, -0.1) is 9.48 Å². The molecule has 8 aromatic rings. The molecule has 2 aromatic heterocycles. The van der Waals surface area contributed by atoms with Gasteiger partial charge in [-0.1, -0.05) is 182 Å². The van der Waals surface area contributed by atoms with E-state index in [1.807, 2.05) is 0 Å². The van der Waals surface area contributed by atoms with E-state index in [2.05, 4.69) is 9.97 Å². The summed E-state index contributed by atoms with van der Waals surface area (Å²) < 4.78 is 215. The Bertz CT molecular complexity index is 4590. The molecule has 0 saturated carbocycles. The van der Waals surface area contributed by atoms with E-state index in [9.17, 15) is 159 Å². The average molecular weight is 2070 g/mol. The second-order valence-corrected chi connectivity index (χ2v) is 27.0. The minimum Gasteiger partial charge on any atom is -0.869 e. The summed E-state index contributed by atoms with van der Waals surface area (Å²) in [6.07, 6.45) is -23.4. The Morgan fingerprint density at radius 2 is 0.397 bits per heavy atom. The molecule has 0 amide bonds. The number of rotatable bonds is 14. The average Bonchev–Trinajstić information content (AvgIpc) is 1.58. The molecule has 2 aliphatic heterocycles. The summed E-state index contributed by atoms with van der Waals surface area (Å²) in [6, 6.07) is 50.4. The summed E-state index contributed by atoms with van der Waals surface area (Å²) in [4.78, 5) is 99.1. The van der Waals surface area contributed by atoms with E-state index >= 15 is 0 Å². The molecule has 2 aliphatic rings. The molecule has 10 rings (SSSR count). The molecule has 126 heavy (non-hydrogen) atoms. The van der Waals surface area contributed by atoms with Gasteiger partial charge >= 0.3 is 129 Å². The summed E-state index contributed by atoms with van der Waals surface area (Å²) in [5.74, 6) is -18.2. The molecule has 0 spiro atoms. The summed E-state index contributed by atoms with van der Waals surface area (Å²) in [5, 5.41) is 87.2. The number of carbonyl (C=O) groups is 6. The van der Waals surface area contributed by atoms with Crippen LogP contribution in [0, 0.1) is 100 Å². The van der Waals surface area contributed by atoms with E-state index in [4.69, 9.17) is 0 Å². The van der Waals surface area contributed by atoms with Crippen LogP contribution >= 0.6 is 0 Å². The van der Waals surface area contributed by atoms with E-state index in [0.717, 1.165) is 19.0 Å². The molecular formula is C84H68F18Gd2N6O16. The minimum absolute atomic E-state index is 0. The maximum absolute atomic E-state index is 12.3. The van der Waals surface area contributed by atoms with Crippen LogP contribution in [0.15, 0.2) is 302 Å². The second kappa shape index (κ2) is 48.2. The Morgan fingerprint density at radius 1 is 0.262 bits per heavy atom. The minimum atomic E-state index is -5.00. The van der Waals surface area contributed by atoms with Crippen LogP contribution < -0.4 is 30.6 Å². The first kappa shape index (κ1) is 112. The molecule has 0 bridgehead atoms. The van der Waals surface area contributed by atoms with Gasteiger partial charge in [0, 0.05) is 123 Å². The number of nitrogens with zero attached hydrogens (tertiary/aromatic N) is 6. The SMILES string of the molecule is CC1(C)[N+](=O)C(c2ccncc2)=[N+]([O-])C1(C)C.CC1(C)[N+](=O)C(c2ccncc2)=[N+]([O-])C1(C)C.O=C(/C=C(\[O-])C(F)(F)F)c1ccccc1.O=C(/C=C(\[O-])C(F)(F)F)c1ccccc1.O=C(/C=C(\[O-])C(F)(F)F)c1ccccc1.O=C(/C=C(\[O-])C(F)(F)F)c1ccccc1.O=C(/C=C(\[O-])C(F)(F)F)c1ccccc1.O=C(/C=C(\[O-])C(F)(F)F)c1ccccc1.[Gd+2].[Gd+2]. The van der Waals surface area contributed by atoms with Gasteiger partial charge in [0.15, 0.2) is 34.7 Å². The fourth-order valence-corrected chi connectivity index (χ4v) is 9.01. The molecule has 0 radical (unpaired) electrons. The number of halogens is 18. The Balaban J connectivity index is 0.000000719. The van der Waals surface area contributed by atoms with Crippen LogP contribution in [0.25, 0.3) is 0 Å². The number of hydrogen-bond acceptors (Lipinski definition) is 18. The molecule has 42 heteroatoms. The number of carbonyl (C=O) groups excluding carboxylic acids is 6. The number of ketones is 6. The normalized spacial score (nSPS) is 14.9. The zero-order valence-corrected chi connectivity index (χ0v) is 70.7. The molecule has 672 valence electrons. The maximum atomic E-state index is 12.3. The Labute approximate surface area is 769 Å². The fourth-order valence-electron chi connectivity index (χ4n) is 9.01. The molecule has 0 atom stereocenters. The summed E-state index contributed by atoms with van der Waals surface area (Å²) in [6.45, 7) is 14.2. The van der Waals surface area contributed by atoms with Crippen molar-refractivity contribution in [3.63, 3.8) is 0 Å². The van der Waals surface area contributed by atoms with Gasteiger partial charge in [-0.25, -0.2) is 0 Å². The van der Waals surface area contributed by atoms with Crippen LogP contribution in [-0.4, -0.2) is 135 Å². The van der Waals surface area contributed by atoms with E-state index in [1.54, 1.807) is 141 Å². The zero-order valence-electron chi connectivity index (χ0n) is 66.1. The van der Waals surface area contributed by atoms with Crippen LogP contribution in [0.5, 0.6) is 0 Å². The Morgan fingerprint density at radius 3 is 0.508 bits per heavy atom. The third-order valence-corrected chi connectivity index (χ3v) is 17.3. The van der Waals surface area contributed by atoms with Gasteiger partial charge < -0.3 is 41.1 Å². The summed E-state index contributed by atoms with van der Waals surface area (Å²) in [5.41, 5.74) is -1.57. The van der Waals surface area contributed by atoms with Crippen LogP contribution in [0.2, 0.25) is 0 Å². The Hall–Kier alpha value is -11.6. The Kier molecular flexibility index (Phi) is 43.0. The number of amidine groups is 2. The topological polar surface area (TPSA) is 359 Å². The van der Waals surface area contributed by atoms with Crippen molar-refractivity contribution < 1.29 is 237 Å². The van der Waals surface area contributed by atoms with Crippen molar-refractivity contribution in [3.8, 4) is 0 Å². The van der Waals surface area contributed by atoms with Gasteiger partial charge in [-0.3, -0.25) is 38.7 Å². The van der Waals surface area contributed by atoms with Crippen molar-refractivity contribution in [1.82, 2.24) is 9.97 Å². The number of pyridine rings is 2. The van der Waals surface area contributed by atoms with Gasteiger partial charge in [0.05, 0.1) is 0 Å². The van der Waals surface area contributed by atoms with E-state index in [0.29, 0.717) is 11.1 Å². The quantitative estimate of drug-likeness (QED) is 0.0244. The van der Waals surface area contributed by atoms with Crippen molar-refractivity contribution >= 4 is 46.4 Å². The summed E-state index contributed by atoms with van der Waals surface area (Å²) in [7, 11) is 0. The van der Waals surface area contributed by atoms with Crippen LogP contribution in [0.3, 0.4) is 0 Å². The number of nitroso groups, excluding NO2 is 2. The zero-order chi connectivity index (χ0) is 94.5. The predicted octanol–water partition coefficient (Wildman–Crippen LogP) is 13.4. The van der Waals surface area contributed by atoms with Crippen LogP contribution in [0.1, 0.15) is 129 Å². The number of hydrogen-bond donors (Lipinski definition) is 0. The predicted molar refractivity (Wildman–Crippen MR) is 397 cm³/mol. The van der Waals surface area contributed by atoms with Gasteiger partial charge in [0.25, 0.3) is 11.1 Å². The van der Waals surface area contributed by atoms with Crippen molar-refractivity contribution in [2.24, 2.45) is 0 Å². The molecule has 0 unspecified atom stereocenters. The second-order valence-electron chi connectivity index (χ2n) is 27.0. The van der Waals surface area contributed by atoms with Crippen molar-refractivity contribution in [1.29, 1.82) is 0 Å². The molecule has 0 aliphatic carbocycles. The van der Waals surface area contributed by atoms with Crippen molar-refractivity contribution in [2.45, 2.75) is 115 Å². The van der Waals surface area contributed by atoms with Crippen LogP contribution in [0.4, 0.5) is 79.0 Å².